The predicted octanol–water partition coefficient (Wildman–Crippen LogP) is -0.321. The summed E-state index contributed by atoms with van der Waals surface area (Å²) < 4.78 is 17.6. The number of ether oxygens (including phenoxy) is 1. The van der Waals surface area contributed by atoms with Crippen LogP contribution in [0.4, 0.5) is 4.39 Å². The Balaban J connectivity index is 2.32. The highest BCUT2D eigenvalue weighted by Gasteiger charge is 2.10. The largest absolute Gasteiger partial charge is 0.389 e. The van der Waals surface area contributed by atoms with Gasteiger partial charge in [-0.05, 0) is 18.2 Å². The Morgan fingerprint density at radius 3 is 2.80 bits per heavy atom. The van der Waals surface area contributed by atoms with Crippen LogP contribution in [0.15, 0.2) is 24.3 Å². The van der Waals surface area contributed by atoms with Crippen LogP contribution in [0.3, 0.4) is 0 Å². The zero-order chi connectivity index (χ0) is 15.0. The molecule has 3 N–H and O–H groups in total. The minimum atomic E-state index is -0.803. The van der Waals surface area contributed by atoms with Crippen molar-refractivity contribution in [2.75, 3.05) is 26.8 Å². The normalized spacial score (nSPS) is 11.8. The number of carbonyl (C=O) groups is 2. The maximum Gasteiger partial charge on any atom is 0.251 e. The third-order valence-corrected chi connectivity index (χ3v) is 2.39. The summed E-state index contributed by atoms with van der Waals surface area (Å²) in [6.07, 6.45) is -0.803. The molecule has 1 rings (SSSR count). The number of benzene rings is 1. The molecule has 7 heteroatoms. The second-order valence-corrected chi connectivity index (χ2v) is 4.11. The first-order valence-corrected chi connectivity index (χ1v) is 6.00. The van der Waals surface area contributed by atoms with Gasteiger partial charge in [-0.25, -0.2) is 4.39 Å². The lowest BCUT2D eigenvalue weighted by Crippen LogP contribution is -2.41. The highest BCUT2D eigenvalue weighted by atomic mass is 19.1. The van der Waals surface area contributed by atoms with Crippen molar-refractivity contribution in [3.8, 4) is 0 Å². The van der Waals surface area contributed by atoms with E-state index >= 15 is 0 Å². The predicted molar refractivity (Wildman–Crippen MR) is 69.6 cm³/mol. The summed E-state index contributed by atoms with van der Waals surface area (Å²) in [5.74, 6) is -1.52. The number of aliphatic hydroxyl groups is 1. The Morgan fingerprint density at radius 1 is 1.40 bits per heavy atom. The maximum atomic E-state index is 12.9. The lowest BCUT2D eigenvalue weighted by molar-refractivity contribution is -0.120. The van der Waals surface area contributed by atoms with Gasteiger partial charge >= 0.3 is 0 Å². The molecule has 0 spiro atoms. The van der Waals surface area contributed by atoms with Gasteiger partial charge in [0.05, 0.1) is 19.3 Å². The third kappa shape index (κ3) is 5.77. The van der Waals surface area contributed by atoms with E-state index in [9.17, 15) is 19.1 Å². The molecule has 0 heterocycles. The van der Waals surface area contributed by atoms with Gasteiger partial charge in [0.15, 0.2) is 0 Å². The second-order valence-electron chi connectivity index (χ2n) is 4.11. The van der Waals surface area contributed by atoms with Gasteiger partial charge in [-0.3, -0.25) is 9.59 Å². The van der Waals surface area contributed by atoms with Crippen molar-refractivity contribution in [2.24, 2.45) is 0 Å². The van der Waals surface area contributed by atoms with Gasteiger partial charge in [0.25, 0.3) is 5.91 Å². The van der Waals surface area contributed by atoms with E-state index < -0.39 is 23.7 Å². The SMILES string of the molecule is COCC(O)CNC(=O)CNC(=O)c1cccc(F)c1. The minimum absolute atomic E-state index is 0.0303. The zero-order valence-corrected chi connectivity index (χ0v) is 11.1. The lowest BCUT2D eigenvalue weighted by Gasteiger charge is -2.11. The molecule has 0 aliphatic rings. The first-order chi connectivity index (χ1) is 9.52. The highest BCUT2D eigenvalue weighted by Crippen LogP contribution is 2.02. The molecule has 6 nitrogen and oxygen atoms in total. The fraction of sp³-hybridized carbons (Fsp3) is 0.385. The van der Waals surface area contributed by atoms with Crippen molar-refractivity contribution in [3.05, 3.63) is 35.6 Å². The number of halogens is 1. The number of nitrogens with one attached hydrogen (secondary N) is 2. The molecule has 1 atom stereocenters. The van der Waals surface area contributed by atoms with E-state index in [1.807, 2.05) is 0 Å². The average Bonchev–Trinajstić information content (AvgIpc) is 2.43. The molecule has 0 radical (unpaired) electrons. The monoisotopic (exact) mass is 284 g/mol. The molecule has 1 unspecified atom stereocenters. The number of carbonyl (C=O) groups excluding carboxylic acids is 2. The Kier molecular flexibility index (Phi) is 6.61. The van der Waals surface area contributed by atoms with Crippen molar-refractivity contribution in [2.45, 2.75) is 6.10 Å². The van der Waals surface area contributed by atoms with Gasteiger partial charge in [0, 0.05) is 19.2 Å². The Morgan fingerprint density at radius 2 is 2.15 bits per heavy atom. The van der Waals surface area contributed by atoms with E-state index in [1.165, 1.54) is 25.3 Å². The molecule has 0 aliphatic carbocycles. The molecule has 110 valence electrons. The van der Waals surface area contributed by atoms with Crippen LogP contribution in [0.2, 0.25) is 0 Å². The molecule has 2 amide bonds. The smallest absolute Gasteiger partial charge is 0.251 e. The summed E-state index contributed by atoms with van der Waals surface area (Å²) in [6, 6.07) is 5.15. The van der Waals surface area contributed by atoms with Crippen LogP contribution in [-0.4, -0.2) is 49.8 Å². The van der Waals surface area contributed by atoms with E-state index in [2.05, 4.69) is 10.6 Å². The molecular formula is C13H17FN2O4. The number of rotatable bonds is 7. The first kappa shape index (κ1) is 16.1. The Bertz CT molecular complexity index is 467. The number of methoxy groups -OCH3 is 1. The van der Waals surface area contributed by atoms with Gasteiger partial charge in [0.1, 0.15) is 5.82 Å². The number of amides is 2. The molecule has 0 aliphatic heterocycles. The van der Waals surface area contributed by atoms with E-state index in [0.717, 1.165) is 6.07 Å². The highest BCUT2D eigenvalue weighted by molar-refractivity contribution is 5.96. The first-order valence-electron chi connectivity index (χ1n) is 6.00. The fourth-order valence-electron chi connectivity index (χ4n) is 1.44. The average molecular weight is 284 g/mol. The summed E-state index contributed by atoms with van der Waals surface area (Å²) >= 11 is 0. The summed E-state index contributed by atoms with van der Waals surface area (Å²) in [5, 5.41) is 14.1. The van der Waals surface area contributed by atoms with Crippen molar-refractivity contribution in [1.82, 2.24) is 10.6 Å². The standard InChI is InChI=1S/C13H17FN2O4/c1-20-8-11(17)6-15-12(18)7-16-13(19)9-3-2-4-10(14)5-9/h2-5,11,17H,6-8H2,1H3,(H,15,18)(H,16,19). The van der Waals surface area contributed by atoms with Crippen molar-refractivity contribution in [3.63, 3.8) is 0 Å². The maximum absolute atomic E-state index is 12.9. The van der Waals surface area contributed by atoms with E-state index in [4.69, 9.17) is 4.74 Å². The van der Waals surface area contributed by atoms with Gasteiger partial charge in [-0.2, -0.15) is 0 Å². The van der Waals surface area contributed by atoms with Gasteiger partial charge in [0.2, 0.25) is 5.91 Å². The van der Waals surface area contributed by atoms with Gasteiger partial charge < -0.3 is 20.5 Å². The molecular weight excluding hydrogens is 267 g/mol. The number of hydrogen-bond donors (Lipinski definition) is 3. The third-order valence-electron chi connectivity index (χ3n) is 2.39. The second kappa shape index (κ2) is 8.23. The molecule has 0 fully saturated rings. The summed E-state index contributed by atoms with van der Waals surface area (Å²) in [6.45, 7) is -0.118. The molecule has 0 bridgehead atoms. The van der Waals surface area contributed by atoms with Crippen molar-refractivity contribution >= 4 is 11.8 Å². The van der Waals surface area contributed by atoms with Crippen LogP contribution in [-0.2, 0) is 9.53 Å². The van der Waals surface area contributed by atoms with Crippen molar-refractivity contribution < 1.29 is 23.8 Å². The topological polar surface area (TPSA) is 87.7 Å². The summed E-state index contributed by atoms with van der Waals surface area (Å²) in [5.41, 5.74) is 0.136. The minimum Gasteiger partial charge on any atom is -0.389 e. The lowest BCUT2D eigenvalue weighted by atomic mass is 10.2. The van der Waals surface area contributed by atoms with Crippen LogP contribution in [0.5, 0.6) is 0 Å². The van der Waals surface area contributed by atoms with Crippen molar-refractivity contribution in [1.29, 1.82) is 0 Å². The van der Waals surface area contributed by atoms with Crippen LogP contribution >= 0.6 is 0 Å². The van der Waals surface area contributed by atoms with E-state index in [0.29, 0.717) is 0 Å². The zero-order valence-electron chi connectivity index (χ0n) is 11.1. The Labute approximate surface area is 115 Å². The number of aliphatic hydroxyl groups excluding tert-OH is 1. The Hall–Kier alpha value is -1.99. The molecule has 0 aromatic heterocycles. The van der Waals surface area contributed by atoms with Crippen LogP contribution in [0.1, 0.15) is 10.4 Å². The fourth-order valence-corrected chi connectivity index (χ4v) is 1.44. The molecule has 1 aromatic rings. The van der Waals surface area contributed by atoms with Gasteiger partial charge in [-0.1, -0.05) is 6.07 Å². The van der Waals surface area contributed by atoms with Crippen LogP contribution < -0.4 is 10.6 Å². The number of hydrogen-bond acceptors (Lipinski definition) is 4. The van der Waals surface area contributed by atoms with E-state index in [1.54, 1.807) is 0 Å². The van der Waals surface area contributed by atoms with Crippen LogP contribution in [0, 0.1) is 5.82 Å². The molecule has 0 saturated heterocycles. The molecule has 1 aromatic carbocycles. The van der Waals surface area contributed by atoms with Crippen LogP contribution in [0.25, 0.3) is 0 Å². The summed E-state index contributed by atoms with van der Waals surface area (Å²) in [4.78, 5) is 23.0. The summed E-state index contributed by atoms with van der Waals surface area (Å²) in [7, 11) is 1.43. The molecule has 20 heavy (non-hydrogen) atoms. The molecule has 0 saturated carbocycles. The van der Waals surface area contributed by atoms with E-state index in [-0.39, 0.29) is 25.3 Å². The quantitative estimate of drug-likeness (QED) is 0.640. The van der Waals surface area contributed by atoms with Gasteiger partial charge in [-0.15, -0.1) is 0 Å².